The predicted molar refractivity (Wildman–Crippen MR) is 267 cm³/mol. The molecule has 0 aliphatic heterocycles. The predicted octanol–water partition coefficient (Wildman–Crippen LogP) is 11.4. The van der Waals surface area contributed by atoms with E-state index in [0.717, 1.165) is 0 Å². The fourth-order valence-corrected chi connectivity index (χ4v) is 6.50. The lowest BCUT2D eigenvalue weighted by Crippen LogP contribution is -2.47. The Morgan fingerprint density at radius 1 is 0.258 bits per heavy atom. The molecule has 10 N–H and O–H groups in total. The van der Waals surface area contributed by atoms with Crippen LogP contribution in [-0.2, 0) is 0 Å². The van der Waals surface area contributed by atoms with Crippen LogP contribution in [0.5, 0.6) is 0 Å². The van der Waals surface area contributed by atoms with Gasteiger partial charge in [0.1, 0.15) is 10.6 Å². The average Bonchev–Trinajstić information content (AvgIpc) is 3.23. The summed E-state index contributed by atoms with van der Waals surface area (Å²) >= 11 is 0. The number of hydrogen-bond donors (Lipinski definition) is 10. The highest BCUT2D eigenvalue weighted by Crippen LogP contribution is 2.24. The first kappa shape index (κ1) is 80.8. The molecule has 0 spiro atoms. The molecule has 38 heteroatoms. The van der Waals surface area contributed by atoms with E-state index in [1.165, 1.54) is 61.3 Å². The van der Waals surface area contributed by atoms with Crippen molar-refractivity contribution >= 4 is 193 Å². The number of carbonyl (C=O) groups is 12. The zero-order chi connectivity index (χ0) is 54.1. The van der Waals surface area contributed by atoms with Crippen LogP contribution >= 0.6 is 130 Å². The number of quaternary nitrogens is 2. The molecule has 0 saturated heterocycles. The van der Waals surface area contributed by atoms with Crippen LogP contribution in [0.2, 0.25) is 0 Å². The lowest BCUT2D eigenvalue weighted by molar-refractivity contribution is -0.921. The van der Waals surface area contributed by atoms with Gasteiger partial charge in [0.15, 0.2) is 0 Å². The largest absolute Gasteiger partial charge is 0.538 e. The van der Waals surface area contributed by atoms with Crippen LogP contribution < -0.4 is 10.2 Å². The summed E-state index contributed by atoms with van der Waals surface area (Å²) in [4.78, 5) is 115. The van der Waals surface area contributed by atoms with Gasteiger partial charge < -0.3 is 79.8 Å². The average molecular weight is 1180 g/mol. The molecule has 0 aliphatic carbocycles. The second-order valence-corrected chi connectivity index (χ2v) is 21.5. The van der Waals surface area contributed by atoms with E-state index in [0.29, 0.717) is 0 Å². The molecule has 388 valence electrons. The molecule has 0 heterocycles. The molecule has 0 unspecified atom stereocenters. The van der Waals surface area contributed by atoms with Crippen molar-refractivity contribution in [2.75, 3.05) is 52.4 Å². The highest BCUT2D eigenvalue weighted by molar-refractivity contribution is 8.88. The van der Waals surface area contributed by atoms with Crippen molar-refractivity contribution in [3.63, 3.8) is 0 Å². The molecule has 0 amide bonds. The van der Waals surface area contributed by atoms with Crippen molar-refractivity contribution in [2.24, 2.45) is 0 Å². The minimum absolute atomic E-state index is 0.0995. The van der Waals surface area contributed by atoms with E-state index in [1.54, 1.807) is 0 Å². The van der Waals surface area contributed by atoms with Crippen LogP contribution in [0.25, 0.3) is 0 Å². The van der Waals surface area contributed by atoms with Gasteiger partial charge in [-0.2, -0.15) is 0 Å². The van der Waals surface area contributed by atoms with Crippen LogP contribution in [0.15, 0.2) is 0 Å². The molecule has 0 radical (unpaired) electrons. The topological polar surface area (TPSA) is 453 Å². The molecule has 0 aromatic carbocycles. The number of hydrogen-bond acceptors (Lipinski definition) is 26. The number of nitrogens with zero attached hydrogens (tertiary/aromatic N) is 2. The van der Waals surface area contributed by atoms with Gasteiger partial charge in [-0.1, -0.05) is 0 Å². The normalized spacial score (nSPS) is 9.45. The summed E-state index contributed by atoms with van der Waals surface area (Å²) in [6, 6.07) is 0. The van der Waals surface area contributed by atoms with E-state index in [1.807, 2.05) is 0 Å². The second-order valence-electron chi connectivity index (χ2n) is 9.37. The van der Waals surface area contributed by atoms with Crippen molar-refractivity contribution in [1.29, 1.82) is 0 Å². The summed E-state index contributed by atoms with van der Waals surface area (Å²) in [7, 11) is 2.93. The van der Waals surface area contributed by atoms with E-state index in [2.05, 4.69) is 55.4 Å². The van der Waals surface area contributed by atoms with Gasteiger partial charge in [0, 0.05) is 108 Å². The summed E-state index contributed by atoms with van der Waals surface area (Å²) in [5.41, 5.74) is 0. The maximum Gasteiger partial charge on any atom is 0.376 e. The Balaban J connectivity index is -0.0000000971. The van der Waals surface area contributed by atoms with E-state index in [9.17, 15) is 67.7 Å². The van der Waals surface area contributed by atoms with Crippen LogP contribution in [0, 0.1) is 0 Å². The Kier molecular flexibility index (Phi) is 67.7. The first-order valence-corrected chi connectivity index (χ1v) is 29.6. The Morgan fingerprint density at radius 3 is 0.379 bits per heavy atom. The van der Waals surface area contributed by atoms with E-state index in [-0.39, 0.29) is 130 Å². The fraction of sp³-hybridized carbons (Fsp3) is 0.571. The SMILES string of the molecule is CC[N+](CC)(CC)CC.CC[N+](CC)(CC)CC.O=C(O)SSC(=O)O.O=C(O)SSC(=O)O.O=C(O)SSC(=O)O.O=C(O)SSC(=O)O.O=C(O)SSC(=O)O.O=C([O-])SSC(=O)[O-]. The van der Waals surface area contributed by atoms with Crippen molar-refractivity contribution in [2.45, 2.75) is 55.4 Å². The number of rotatable bonds is 8. The molecule has 0 aromatic heterocycles. The molecule has 66 heavy (non-hydrogen) atoms. The summed E-state index contributed by atoms with van der Waals surface area (Å²) in [6.45, 7) is 28.4. The summed E-state index contributed by atoms with van der Waals surface area (Å²) in [5.74, 6) is 0. The second kappa shape index (κ2) is 55.4. The summed E-state index contributed by atoms with van der Waals surface area (Å²) in [6.07, 6.45) is 0. The monoisotopic (exact) mass is 1180 g/mol. The maximum atomic E-state index is 9.58. The smallest absolute Gasteiger partial charge is 0.376 e. The molecule has 0 rings (SSSR count). The first-order valence-electron chi connectivity index (χ1n) is 16.7. The zero-order valence-electron chi connectivity index (χ0n) is 35.6. The van der Waals surface area contributed by atoms with E-state index in [4.69, 9.17) is 51.1 Å². The van der Waals surface area contributed by atoms with Gasteiger partial charge in [0.25, 0.3) is 0 Å². The van der Waals surface area contributed by atoms with Gasteiger partial charge in [-0.05, 0) is 77.0 Å². The molecule has 0 saturated carbocycles. The molecule has 0 atom stereocenters. The Morgan fingerprint density at radius 2 is 0.348 bits per heavy atom. The molecule has 0 bridgehead atoms. The van der Waals surface area contributed by atoms with Gasteiger partial charge in [-0.3, -0.25) is 0 Å². The summed E-state index contributed by atoms with van der Waals surface area (Å²) in [5, 5.41) is 82.4. The van der Waals surface area contributed by atoms with Crippen LogP contribution in [-0.4, -0.2) is 176 Å². The van der Waals surface area contributed by atoms with Crippen LogP contribution in [0.1, 0.15) is 55.4 Å². The highest BCUT2D eigenvalue weighted by Gasteiger charge is 2.17. The van der Waals surface area contributed by atoms with Crippen molar-refractivity contribution in [3.05, 3.63) is 0 Å². The lowest BCUT2D eigenvalue weighted by atomic mass is 10.3. The van der Waals surface area contributed by atoms with Crippen molar-refractivity contribution in [1.82, 2.24) is 0 Å². The third-order valence-electron chi connectivity index (χ3n) is 6.47. The van der Waals surface area contributed by atoms with Crippen LogP contribution in [0.4, 0.5) is 57.5 Å². The van der Waals surface area contributed by atoms with Gasteiger partial charge >= 0.3 is 53.0 Å². The third kappa shape index (κ3) is 85.1. The molecular weight excluding hydrogens is 1130 g/mol. The van der Waals surface area contributed by atoms with E-state index >= 15 is 0 Å². The van der Waals surface area contributed by atoms with Crippen molar-refractivity contribution in [3.8, 4) is 0 Å². The summed E-state index contributed by atoms with van der Waals surface area (Å²) < 4.78 is 2.56. The zero-order valence-corrected chi connectivity index (χ0v) is 45.4. The standard InChI is InChI=1S/2C8H20N.6C2H2O4S2/c2*1-5-9(6-2,7-3)8-4;6*3-1(4)7-8-2(5)6/h2*5-8H2,1-4H3;6*(H,3,4)(H,5,6)/q2*+1;;;;;;/p-2. The Labute approximate surface area is 425 Å². The minimum atomic E-state index is -1.49. The Bertz CT molecular complexity index is 1090. The molecule has 0 aliphatic rings. The highest BCUT2D eigenvalue weighted by atomic mass is 33.1. The third-order valence-corrected chi connectivity index (χ3v) is 15.3. The van der Waals surface area contributed by atoms with E-state index < -0.39 is 63.6 Å². The van der Waals surface area contributed by atoms with Crippen molar-refractivity contribution < 1.29 is 128 Å². The van der Waals surface area contributed by atoms with Gasteiger partial charge in [-0.25, -0.2) is 47.9 Å². The molecular formula is C28H50N2O24S12. The van der Waals surface area contributed by atoms with Gasteiger partial charge in [0.2, 0.25) is 0 Å². The maximum absolute atomic E-state index is 9.58. The fourth-order valence-electron chi connectivity index (χ4n) is 3.11. The quantitative estimate of drug-likeness (QED) is 0.0797. The lowest BCUT2D eigenvalue weighted by Gasteiger charge is -2.34. The Hall–Kier alpha value is -2.24. The molecule has 0 fully saturated rings. The molecule has 0 aromatic rings. The molecule has 26 nitrogen and oxygen atoms in total. The first-order chi connectivity index (χ1) is 30.2. The van der Waals surface area contributed by atoms with Gasteiger partial charge in [0.05, 0.1) is 52.4 Å². The van der Waals surface area contributed by atoms with Crippen LogP contribution in [0.3, 0.4) is 0 Å². The minimum Gasteiger partial charge on any atom is -0.538 e. The number of carbonyl (C=O) groups excluding carboxylic acids is 2. The number of carboxylic acid groups (broad SMARTS) is 12. The van der Waals surface area contributed by atoms with Gasteiger partial charge in [-0.15, -0.1) is 0 Å².